The molecule has 4 aliphatic heterocycles. The molecule has 3 amide bonds. The number of ether oxygens (including phenoxy) is 1. The second kappa shape index (κ2) is 7.32. The van der Waals surface area contributed by atoms with Gasteiger partial charge >= 0.3 is 0 Å². The first-order valence-electron chi connectivity index (χ1n) is 11.3. The number of fused-ring (bicyclic) bond motifs is 5. The third-order valence-corrected chi connectivity index (χ3v) is 7.54. The Kier molecular flexibility index (Phi) is 4.53. The molecule has 12 heteroatoms. The molecule has 35 heavy (non-hydrogen) atoms. The van der Waals surface area contributed by atoms with E-state index in [1.54, 1.807) is 11.8 Å². The van der Waals surface area contributed by atoms with E-state index >= 15 is 4.39 Å². The molecule has 5 heterocycles. The van der Waals surface area contributed by atoms with Gasteiger partial charge in [0.15, 0.2) is 17.3 Å². The van der Waals surface area contributed by atoms with Crippen LogP contribution in [0.3, 0.4) is 0 Å². The van der Waals surface area contributed by atoms with E-state index in [1.165, 1.54) is 11.0 Å². The Bertz CT molecular complexity index is 1350. The average molecular weight is 481 g/mol. The molecular formula is C23H20FN5O6. The number of aromatic nitrogens is 1. The normalized spacial score (nSPS) is 28.4. The zero-order chi connectivity index (χ0) is 24.6. The molecule has 3 fully saturated rings. The van der Waals surface area contributed by atoms with E-state index in [4.69, 9.17) is 14.5 Å². The van der Waals surface area contributed by atoms with Crippen molar-refractivity contribution < 1.29 is 32.8 Å². The highest BCUT2D eigenvalue weighted by Gasteiger charge is 2.62. The topological polar surface area (TPSA) is 146 Å². The number of Topliss-reactive ketones (excluding diaryl/α,β-unsaturated/α-hetero) is 1. The highest BCUT2D eigenvalue weighted by Crippen LogP contribution is 2.49. The summed E-state index contributed by atoms with van der Waals surface area (Å²) in [6.45, 7) is 2.66. The number of carbonyl (C=O) groups is 4. The van der Waals surface area contributed by atoms with Gasteiger partial charge in [-0.05, 0) is 25.0 Å². The largest absolute Gasteiger partial charge is 0.374 e. The third kappa shape index (κ3) is 2.81. The Balaban J connectivity index is 1.51. The average Bonchev–Trinajstić information content (AvgIpc) is 3.20. The SMILES string of the molecule is C[C@@H]1OCCN2c3c(cc4c(C(=O)N5CC(C#N)C5)noc4c3F)CC3(C(=O)CC(=O)NC3=O)[C@@H]12. The van der Waals surface area contributed by atoms with Gasteiger partial charge < -0.3 is 19.1 Å². The van der Waals surface area contributed by atoms with Crippen LogP contribution in [0.25, 0.3) is 11.0 Å². The Morgan fingerprint density at radius 2 is 2.11 bits per heavy atom. The van der Waals surface area contributed by atoms with Crippen molar-refractivity contribution in [3.8, 4) is 6.07 Å². The number of nitriles is 1. The molecule has 1 aromatic carbocycles. The molecular weight excluding hydrogens is 461 g/mol. The highest BCUT2D eigenvalue weighted by atomic mass is 19.1. The van der Waals surface area contributed by atoms with Crippen LogP contribution in [0.15, 0.2) is 10.6 Å². The van der Waals surface area contributed by atoms with E-state index in [-0.39, 0.29) is 60.9 Å². The first kappa shape index (κ1) is 21.7. The summed E-state index contributed by atoms with van der Waals surface area (Å²) in [5.41, 5.74) is -1.44. The number of nitrogens with zero attached hydrogens (tertiary/aromatic N) is 4. The number of nitrogens with one attached hydrogen (secondary N) is 1. The van der Waals surface area contributed by atoms with Gasteiger partial charge in [-0.2, -0.15) is 5.26 Å². The lowest BCUT2D eigenvalue weighted by atomic mass is 9.63. The maximum Gasteiger partial charge on any atom is 0.276 e. The number of rotatable bonds is 1. The number of benzene rings is 1. The first-order chi connectivity index (χ1) is 16.8. The minimum atomic E-state index is -1.65. The van der Waals surface area contributed by atoms with E-state index in [2.05, 4.69) is 16.5 Å². The van der Waals surface area contributed by atoms with Crippen LogP contribution in [-0.2, 0) is 25.5 Å². The van der Waals surface area contributed by atoms with Gasteiger partial charge in [-0.1, -0.05) is 5.16 Å². The third-order valence-electron chi connectivity index (χ3n) is 7.54. The molecule has 0 aliphatic carbocycles. The molecule has 1 aromatic heterocycles. The van der Waals surface area contributed by atoms with E-state index in [0.29, 0.717) is 5.56 Å². The van der Waals surface area contributed by atoms with Crippen molar-refractivity contribution in [1.82, 2.24) is 15.4 Å². The second-order valence-corrected chi connectivity index (χ2v) is 9.48. The van der Waals surface area contributed by atoms with Gasteiger partial charge in [0.2, 0.25) is 17.4 Å². The summed E-state index contributed by atoms with van der Waals surface area (Å²) >= 11 is 0. The predicted molar refractivity (Wildman–Crippen MR) is 114 cm³/mol. The summed E-state index contributed by atoms with van der Waals surface area (Å²) in [4.78, 5) is 54.4. The minimum absolute atomic E-state index is 0.0980. The van der Waals surface area contributed by atoms with Crippen LogP contribution in [-0.4, -0.2) is 71.9 Å². The van der Waals surface area contributed by atoms with Crippen molar-refractivity contribution in [3.05, 3.63) is 23.1 Å². The number of amides is 3. The standard InChI is InChI=1S/C23H20FN5O6/c1-10-20-23(14(30)5-15(31)26-22(23)33)6-12-4-13-17(21(32)28-8-11(7-25)9-28)27-35-19(13)16(24)18(12)29(20)2-3-34-10/h4,10-11,20H,2-3,5-6,8-9H2,1H3,(H,26,31,33)/t10-,20+,23?/m0/s1. The zero-order valence-electron chi connectivity index (χ0n) is 18.7. The Morgan fingerprint density at radius 1 is 1.34 bits per heavy atom. The Hall–Kier alpha value is -3.85. The molecule has 0 saturated carbocycles. The van der Waals surface area contributed by atoms with E-state index < -0.39 is 53.3 Å². The lowest BCUT2D eigenvalue weighted by Crippen LogP contribution is -2.71. The van der Waals surface area contributed by atoms with E-state index in [0.717, 1.165) is 0 Å². The van der Waals surface area contributed by atoms with Crippen molar-refractivity contribution in [2.45, 2.75) is 31.9 Å². The lowest BCUT2D eigenvalue weighted by Gasteiger charge is -2.54. The smallest absolute Gasteiger partial charge is 0.276 e. The second-order valence-electron chi connectivity index (χ2n) is 9.48. The molecule has 3 atom stereocenters. The molecule has 0 radical (unpaired) electrons. The number of halogens is 1. The van der Waals surface area contributed by atoms with Crippen molar-refractivity contribution in [2.24, 2.45) is 11.3 Å². The fraction of sp³-hybridized carbons (Fsp3) is 0.478. The molecule has 4 aliphatic rings. The van der Waals surface area contributed by atoms with Gasteiger partial charge in [-0.15, -0.1) is 0 Å². The van der Waals surface area contributed by atoms with Crippen molar-refractivity contribution in [2.75, 3.05) is 31.1 Å². The number of hydrogen-bond acceptors (Lipinski definition) is 9. The summed E-state index contributed by atoms with van der Waals surface area (Å²) in [6, 6.07) is 2.79. The number of morpholine rings is 1. The van der Waals surface area contributed by atoms with Gasteiger partial charge in [0.1, 0.15) is 5.41 Å². The predicted octanol–water partition coefficient (Wildman–Crippen LogP) is 0.314. The fourth-order valence-corrected chi connectivity index (χ4v) is 5.89. The van der Waals surface area contributed by atoms with Crippen LogP contribution >= 0.6 is 0 Å². The van der Waals surface area contributed by atoms with Crippen LogP contribution in [0.1, 0.15) is 29.4 Å². The lowest BCUT2D eigenvalue weighted by molar-refractivity contribution is -0.156. The summed E-state index contributed by atoms with van der Waals surface area (Å²) in [5.74, 6) is -3.45. The number of ketones is 1. The van der Waals surface area contributed by atoms with Gasteiger partial charge in [-0.25, -0.2) is 4.39 Å². The zero-order valence-corrected chi connectivity index (χ0v) is 18.7. The fourth-order valence-electron chi connectivity index (χ4n) is 5.89. The molecule has 11 nitrogen and oxygen atoms in total. The number of hydrogen-bond donors (Lipinski definition) is 1. The van der Waals surface area contributed by atoms with Crippen molar-refractivity contribution >= 4 is 40.2 Å². The molecule has 1 N–H and O–H groups in total. The van der Waals surface area contributed by atoms with Crippen LogP contribution in [0.4, 0.5) is 10.1 Å². The summed E-state index contributed by atoms with van der Waals surface area (Å²) in [6.07, 6.45) is -1.23. The van der Waals surface area contributed by atoms with Gasteiger partial charge in [-0.3, -0.25) is 24.5 Å². The van der Waals surface area contributed by atoms with Gasteiger partial charge in [0.05, 0.1) is 48.2 Å². The van der Waals surface area contributed by atoms with E-state index in [9.17, 15) is 19.2 Å². The molecule has 3 saturated heterocycles. The first-order valence-corrected chi connectivity index (χ1v) is 11.3. The van der Waals surface area contributed by atoms with Crippen LogP contribution in [0.2, 0.25) is 0 Å². The number of anilines is 1. The molecule has 2 aromatic rings. The van der Waals surface area contributed by atoms with Crippen LogP contribution in [0, 0.1) is 28.5 Å². The monoisotopic (exact) mass is 481 g/mol. The number of piperidine rings is 1. The summed E-state index contributed by atoms with van der Waals surface area (Å²) in [5, 5.41) is 15.2. The Labute approximate surface area is 197 Å². The molecule has 1 spiro atoms. The van der Waals surface area contributed by atoms with Gasteiger partial charge in [0.25, 0.3) is 5.91 Å². The van der Waals surface area contributed by atoms with Crippen LogP contribution < -0.4 is 10.2 Å². The number of carbonyl (C=O) groups excluding carboxylic acids is 4. The molecule has 6 rings (SSSR count). The summed E-state index contributed by atoms with van der Waals surface area (Å²) in [7, 11) is 0. The van der Waals surface area contributed by atoms with E-state index in [1.807, 2.05) is 0 Å². The van der Waals surface area contributed by atoms with Crippen molar-refractivity contribution in [1.29, 1.82) is 5.26 Å². The van der Waals surface area contributed by atoms with Crippen molar-refractivity contribution in [3.63, 3.8) is 0 Å². The molecule has 180 valence electrons. The van der Waals surface area contributed by atoms with Gasteiger partial charge in [0, 0.05) is 19.6 Å². The maximum atomic E-state index is 15.9. The minimum Gasteiger partial charge on any atom is -0.374 e. The quantitative estimate of drug-likeness (QED) is 0.449. The van der Waals surface area contributed by atoms with Crippen LogP contribution in [0.5, 0.6) is 0 Å². The Morgan fingerprint density at radius 3 is 2.83 bits per heavy atom. The number of imide groups is 1. The molecule has 0 bridgehead atoms. The molecule has 1 unspecified atom stereocenters. The number of likely N-dealkylation sites (tertiary alicyclic amines) is 1. The summed E-state index contributed by atoms with van der Waals surface area (Å²) < 4.78 is 26.9. The maximum absolute atomic E-state index is 15.9. The highest BCUT2D eigenvalue weighted by molar-refractivity contribution is 6.22.